The second-order valence-corrected chi connectivity index (χ2v) is 3.27. The Labute approximate surface area is 82.7 Å². The summed E-state index contributed by atoms with van der Waals surface area (Å²) in [6.45, 7) is -0.143. The second kappa shape index (κ2) is 4.29. The van der Waals surface area contributed by atoms with Crippen LogP contribution in [-0.4, -0.2) is 21.6 Å². The lowest BCUT2D eigenvalue weighted by Gasteiger charge is -1.99. The molecule has 13 heavy (non-hydrogen) atoms. The van der Waals surface area contributed by atoms with Crippen LogP contribution in [0.15, 0.2) is 16.7 Å². The van der Waals surface area contributed by atoms with Gasteiger partial charge in [-0.15, -0.1) is 0 Å². The zero-order chi connectivity index (χ0) is 9.84. The van der Waals surface area contributed by atoms with Gasteiger partial charge in [-0.3, -0.25) is 15.1 Å². The van der Waals surface area contributed by atoms with Gasteiger partial charge >= 0.3 is 0 Å². The summed E-state index contributed by atoms with van der Waals surface area (Å²) >= 11 is 3.09. The maximum absolute atomic E-state index is 10.5. The molecule has 1 rings (SSSR count). The first-order valence-electron chi connectivity index (χ1n) is 3.55. The molecule has 0 fully saturated rings. The van der Waals surface area contributed by atoms with Crippen LogP contribution in [0.3, 0.4) is 0 Å². The Morgan fingerprint density at radius 3 is 2.92 bits per heavy atom. The lowest BCUT2D eigenvalue weighted by Crippen LogP contribution is -2.00. The van der Waals surface area contributed by atoms with E-state index in [9.17, 15) is 10.1 Å². The van der Waals surface area contributed by atoms with Crippen LogP contribution in [0.25, 0.3) is 0 Å². The molecule has 0 atom stereocenters. The Morgan fingerprint density at radius 1 is 1.69 bits per heavy atom. The fourth-order valence-corrected chi connectivity index (χ4v) is 1.23. The molecule has 0 aliphatic carbocycles. The minimum Gasteiger partial charge on any atom is -0.396 e. The van der Waals surface area contributed by atoms with E-state index in [0.717, 1.165) is 0 Å². The van der Waals surface area contributed by atoms with Crippen molar-refractivity contribution in [2.24, 2.45) is 0 Å². The van der Waals surface area contributed by atoms with Gasteiger partial charge in [0.15, 0.2) is 0 Å². The van der Waals surface area contributed by atoms with Gasteiger partial charge in [-0.05, 0) is 15.9 Å². The fraction of sp³-hybridized carbons (Fsp3) is 0.286. The first-order chi connectivity index (χ1) is 6.15. The van der Waals surface area contributed by atoms with Crippen LogP contribution in [0.5, 0.6) is 0 Å². The number of pyridine rings is 1. The van der Waals surface area contributed by atoms with Gasteiger partial charge in [-0.1, -0.05) is 0 Å². The Kier molecular flexibility index (Phi) is 3.32. The molecule has 1 aromatic rings. The van der Waals surface area contributed by atoms with Crippen molar-refractivity contribution in [3.05, 3.63) is 32.5 Å². The molecule has 1 N–H and O–H groups in total. The molecule has 0 aliphatic rings. The van der Waals surface area contributed by atoms with Crippen LogP contribution in [0, 0.1) is 10.1 Å². The average molecular weight is 247 g/mol. The van der Waals surface area contributed by atoms with Crippen LogP contribution in [0.4, 0.5) is 5.69 Å². The molecular weight excluding hydrogens is 240 g/mol. The third kappa shape index (κ3) is 2.46. The second-order valence-electron chi connectivity index (χ2n) is 2.35. The van der Waals surface area contributed by atoms with Gasteiger partial charge in [0.05, 0.1) is 4.92 Å². The predicted molar refractivity (Wildman–Crippen MR) is 49.4 cm³/mol. The van der Waals surface area contributed by atoms with Crippen molar-refractivity contribution in [1.29, 1.82) is 0 Å². The number of aliphatic hydroxyl groups is 1. The van der Waals surface area contributed by atoms with Crippen LogP contribution in [0.2, 0.25) is 0 Å². The number of nitro groups is 1. The van der Waals surface area contributed by atoms with Crippen molar-refractivity contribution in [3.8, 4) is 0 Å². The summed E-state index contributed by atoms with van der Waals surface area (Å²) in [5, 5.41) is 19.1. The largest absolute Gasteiger partial charge is 0.396 e. The van der Waals surface area contributed by atoms with Gasteiger partial charge in [-0.2, -0.15) is 0 Å². The Balaban J connectivity index is 3.10. The average Bonchev–Trinajstić information content (AvgIpc) is 2.08. The van der Waals surface area contributed by atoms with Gasteiger partial charge in [0.1, 0.15) is 5.69 Å². The van der Waals surface area contributed by atoms with Crippen molar-refractivity contribution in [1.82, 2.24) is 4.98 Å². The Morgan fingerprint density at radius 2 is 2.38 bits per heavy atom. The van der Waals surface area contributed by atoms with Crippen LogP contribution in [0.1, 0.15) is 5.69 Å². The minimum absolute atomic E-state index is 0.0663. The molecule has 0 saturated heterocycles. The first kappa shape index (κ1) is 10.1. The van der Waals surface area contributed by atoms with Gasteiger partial charge in [0.25, 0.3) is 5.69 Å². The number of hydrogen-bond acceptors (Lipinski definition) is 4. The van der Waals surface area contributed by atoms with Crippen molar-refractivity contribution in [2.45, 2.75) is 6.42 Å². The smallest absolute Gasteiger partial charge is 0.291 e. The molecule has 0 bridgehead atoms. The predicted octanol–water partition coefficient (Wildman–Crippen LogP) is 1.29. The highest BCUT2D eigenvalue weighted by Crippen LogP contribution is 2.21. The maximum Gasteiger partial charge on any atom is 0.291 e. The highest BCUT2D eigenvalue weighted by atomic mass is 79.9. The number of nitrogens with zero attached hydrogens (tertiary/aromatic N) is 2. The van der Waals surface area contributed by atoms with E-state index in [1.54, 1.807) is 0 Å². The standard InChI is InChI=1S/C7H7BrN2O3/c8-5-3-7(10(12)13)6(1-2-11)9-4-5/h3-4,11H,1-2H2. The third-order valence-corrected chi connectivity index (χ3v) is 1.89. The number of hydrogen-bond donors (Lipinski definition) is 1. The molecule has 1 aromatic heterocycles. The summed E-state index contributed by atoms with van der Waals surface area (Å²) in [6.07, 6.45) is 1.67. The quantitative estimate of drug-likeness (QED) is 0.644. The minimum atomic E-state index is -0.511. The van der Waals surface area contributed by atoms with Gasteiger partial charge < -0.3 is 5.11 Å². The van der Waals surface area contributed by atoms with Gasteiger partial charge in [0.2, 0.25) is 0 Å². The highest BCUT2D eigenvalue weighted by Gasteiger charge is 2.14. The molecule has 6 heteroatoms. The van der Waals surface area contributed by atoms with Crippen LogP contribution < -0.4 is 0 Å². The zero-order valence-corrected chi connectivity index (χ0v) is 8.19. The summed E-state index contributed by atoms with van der Waals surface area (Å²) in [6, 6.07) is 1.37. The summed E-state index contributed by atoms with van der Waals surface area (Å²) < 4.78 is 0.556. The summed E-state index contributed by atoms with van der Waals surface area (Å²) in [7, 11) is 0. The summed E-state index contributed by atoms with van der Waals surface area (Å²) in [5.74, 6) is 0. The van der Waals surface area contributed by atoms with E-state index in [4.69, 9.17) is 5.11 Å². The van der Waals surface area contributed by atoms with E-state index < -0.39 is 4.92 Å². The Hall–Kier alpha value is -1.01. The molecule has 0 spiro atoms. The molecule has 70 valence electrons. The molecule has 0 aliphatic heterocycles. The van der Waals surface area contributed by atoms with Crippen molar-refractivity contribution in [3.63, 3.8) is 0 Å². The molecule has 0 saturated carbocycles. The van der Waals surface area contributed by atoms with E-state index in [2.05, 4.69) is 20.9 Å². The number of aromatic nitrogens is 1. The molecule has 0 aromatic carbocycles. The van der Waals surface area contributed by atoms with Crippen LogP contribution >= 0.6 is 15.9 Å². The Bertz CT molecular complexity index is 330. The number of halogens is 1. The van der Waals surface area contributed by atoms with Crippen molar-refractivity contribution >= 4 is 21.6 Å². The molecular formula is C7H7BrN2O3. The van der Waals surface area contributed by atoms with Gasteiger partial charge in [-0.25, -0.2) is 0 Å². The molecule has 5 nitrogen and oxygen atoms in total. The van der Waals surface area contributed by atoms with E-state index in [-0.39, 0.29) is 18.7 Å². The topological polar surface area (TPSA) is 76.3 Å². The van der Waals surface area contributed by atoms with Crippen molar-refractivity contribution in [2.75, 3.05) is 6.61 Å². The van der Waals surface area contributed by atoms with E-state index in [1.807, 2.05) is 0 Å². The number of rotatable bonds is 3. The van der Waals surface area contributed by atoms with Crippen molar-refractivity contribution < 1.29 is 10.0 Å². The monoisotopic (exact) mass is 246 g/mol. The van der Waals surface area contributed by atoms with E-state index in [0.29, 0.717) is 10.2 Å². The normalized spacial score (nSPS) is 10.0. The van der Waals surface area contributed by atoms with Gasteiger partial charge in [0, 0.05) is 29.8 Å². The lowest BCUT2D eigenvalue weighted by molar-refractivity contribution is -0.386. The first-order valence-corrected chi connectivity index (χ1v) is 4.34. The SMILES string of the molecule is O=[N+]([O-])c1cc(Br)cnc1CCO. The lowest BCUT2D eigenvalue weighted by atomic mass is 10.2. The molecule has 1 heterocycles. The summed E-state index contributed by atoms with van der Waals surface area (Å²) in [4.78, 5) is 13.8. The van der Waals surface area contributed by atoms with E-state index in [1.165, 1.54) is 12.3 Å². The molecule has 0 unspecified atom stereocenters. The highest BCUT2D eigenvalue weighted by molar-refractivity contribution is 9.10. The third-order valence-electron chi connectivity index (χ3n) is 1.46. The number of aliphatic hydroxyl groups excluding tert-OH is 1. The zero-order valence-electron chi connectivity index (χ0n) is 6.61. The maximum atomic E-state index is 10.5. The fourth-order valence-electron chi connectivity index (χ4n) is 0.914. The molecule has 0 radical (unpaired) electrons. The molecule has 0 amide bonds. The summed E-state index contributed by atoms with van der Waals surface area (Å²) in [5.41, 5.74) is 0.235. The van der Waals surface area contributed by atoms with Crippen LogP contribution in [-0.2, 0) is 6.42 Å². The van der Waals surface area contributed by atoms with E-state index >= 15 is 0 Å².